The van der Waals surface area contributed by atoms with E-state index in [1.807, 2.05) is 62.4 Å². The summed E-state index contributed by atoms with van der Waals surface area (Å²) in [6.07, 6.45) is 1.12. The second-order valence-corrected chi connectivity index (χ2v) is 10.7. The maximum Gasteiger partial charge on any atom is 0.247 e. The maximum atomic E-state index is 12.9. The van der Waals surface area contributed by atoms with E-state index in [-0.39, 0.29) is 5.91 Å². The summed E-state index contributed by atoms with van der Waals surface area (Å²) in [6, 6.07) is 22.3. The summed E-state index contributed by atoms with van der Waals surface area (Å²) in [5.74, 6) is 0.434. The van der Waals surface area contributed by atoms with Crippen molar-refractivity contribution >= 4 is 39.1 Å². The second-order valence-electron chi connectivity index (χ2n) is 7.79. The Bertz CT molecular complexity index is 1180. The molecule has 3 aromatic carbocycles. The van der Waals surface area contributed by atoms with Crippen molar-refractivity contribution in [2.45, 2.75) is 37.5 Å². The molecule has 32 heavy (non-hydrogen) atoms. The van der Waals surface area contributed by atoms with Crippen molar-refractivity contribution in [3.8, 4) is 0 Å². The molecule has 0 radical (unpaired) electrons. The molecule has 0 aliphatic heterocycles. The monoisotopic (exact) mass is 468 g/mol. The van der Waals surface area contributed by atoms with E-state index in [9.17, 15) is 13.2 Å². The summed E-state index contributed by atoms with van der Waals surface area (Å²) >= 11 is 1.74. The number of anilines is 2. The zero-order valence-corrected chi connectivity index (χ0v) is 20.3. The number of carbonyl (C=O) groups is 1. The molecule has 1 atom stereocenters. The van der Waals surface area contributed by atoms with Crippen molar-refractivity contribution in [2.24, 2.45) is 0 Å². The van der Waals surface area contributed by atoms with Gasteiger partial charge in [0.1, 0.15) is 6.04 Å². The predicted molar refractivity (Wildman–Crippen MR) is 134 cm³/mol. The molecule has 0 aromatic heterocycles. The van der Waals surface area contributed by atoms with Crippen molar-refractivity contribution in [3.63, 3.8) is 0 Å². The number of nitrogens with one attached hydrogen (secondary N) is 1. The highest BCUT2D eigenvalue weighted by Crippen LogP contribution is 2.25. The number of amides is 1. The van der Waals surface area contributed by atoms with Gasteiger partial charge in [0.05, 0.1) is 11.9 Å². The molecule has 0 fully saturated rings. The second kappa shape index (κ2) is 10.2. The Hall–Kier alpha value is -2.77. The van der Waals surface area contributed by atoms with Gasteiger partial charge in [0.25, 0.3) is 0 Å². The smallest absolute Gasteiger partial charge is 0.247 e. The normalized spacial score (nSPS) is 12.2. The van der Waals surface area contributed by atoms with Gasteiger partial charge in [-0.2, -0.15) is 0 Å². The average Bonchev–Trinajstić information content (AvgIpc) is 2.75. The third kappa shape index (κ3) is 6.14. The quantitative estimate of drug-likeness (QED) is 0.450. The number of sulfonamides is 1. The van der Waals surface area contributed by atoms with Gasteiger partial charge in [-0.25, -0.2) is 8.42 Å². The first kappa shape index (κ1) is 23.9. The van der Waals surface area contributed by atoms with Gasteiger partial charge in [-0.3, -0.25) is 9.10 Å². The van der Waals surface area contributed by atoms with Crippen molar-refractivity contribution in [1.29, 1.82) is 0 Å². The average molecular weight is 469 g/mol. The van der Waals surface area contributed by atoms with Crippen LogP contribution in [-0.2, 0) is 20.6 Å². The molecule has 0 saturated heterocycles. The largest absolute Gasteiger partial charge is 0.324 e. The van der Waals surface area contributed by atoms with E-state index in [1.165, 1.54) is 9.20 Å². The Labute approximate surface area is 194 Å². The van der Waals surface area contributed by atoms with E-state index in [0.29, 0.717) is 11.4 Å². The van der Waals surface area contributed by atoms with Crippen molar-refractivity contribution in [2.75, 3.05) is 15.9 Å². The van der Waals surface area contributed by atoms with Gasteiger partial charge in [-0.05, 0) is 73.9 Å². The Kier molecular flexibility index (Phi) is 7.64. The number of hydrogen-bond acceptors (Lipinski definition) is 4. The highest BCUT2D eigenvalue weighted by molar-refractivity contribution is 7.98. The molecule has 0 unspecified atom stereocenters. The predicted octanol–water partition coefficient (Wildman–Crippen LogP) is 5.39. The zero-order chi connectivity index (χ0) is 23.3. The SMILES string of the molecule is Cc1ccc(N([C@H](C)C(=O)Nc2ccc(CSc3ccccc3)cc2)S(C)(=O)=O)cc1C. The summed E-state index contributed by atoms with van der Waals surface area (Å²) in [7, 11) is -3.65. The van der Waals surface area contributed by atoms with Gasteiger partial charge in [0, 0.05) is 16.3 Å². The standard InChI is InChI=1S/C25H28N2O3S2/c1-18-10-15-23(16-19(18)2)27(32(4,29)30)20(3)25(28)26-22-13-11-21(12-14-22)17-31-24-8-6-5-7-9-24/h5-16,20H,17H2,1-4H3,(H,26,28)/t20-/m1/s1. The number of aryl methyl sites for hydroxylation is 2. The molecule has 1 amide bonds. The topological polar surface area (TPSA) is 66.5 Å². The lowest BCUT2D eigenvalue weighted by atomic mass is 10.1. The zero-order valence-electron chi connectivity index (χ0n) is 18.7. The van der Waals surface area contributed by atoms with Crippen molar-refractivity contribution in [3.05, 3.63) is 89.5 Å². The molecular weight excluding hydrogens is 440 g/mol. The molecule has 168 valence electrons. The fourth-order valence-corrected chi connectivity index (χ4v) is 5.33. The molecule has 5 nitrogen and oxygen atoms in total. The molecule has 0 heterocycles. The number of nitrogens with zero attached hydrogens (tertiary/aromatic N) is 1. The first-order valence-corrected chi connectivity index (χ1v) is 13.1. The van der Waals surface area contributed by atoms with Crippen molar-refractivity contribution in [1.82, 2.24) is 0 Å². The van der Waals surface area contributed by atoms with Crippen LogP contribution in [-0.4, -0.2) is 26.6 Å². The van der Waals surface area contributed by atoms with Crippen LogP contribution in [0.4, 0.5) is 11.4 Å². The van der Waals surface area contributed by atoms with Gasteiger partial charge >= 0.3 is 0 Å². The van der Waals surface area contributed by atoms with Crippen LogP contribution in [0.5, 0.6) is 0 Å². The van der Waals surface area contributed by atoms with Crippen LogP contribution in [0.2, 0.25) is 0 Å². The molecular formula is C25H28N2O3S2. The van der Waals surface area contributed by atoms with E-state index < -0.39 is 16.1 Å². The summed E-state index contributed by atoms with van der Waals surface area (Å²) in [5.41, 5.74) is 4.27. The minimum Gasteiger partial charge on any atom is -0.324 e. The minimum absolute atomic E-state index is 0.389. The summed E-state index contributed by atoms with van der Waals surface area (Å²) < 4.78 is 26.2. The third-order valence-corrected chi connectivity index (χ3v) is 7.53. The lowest BCUT2D eigenvalue weighted by Crippen LogP contribution is -2.45. The first-order chi connectivity index (χ1) is 15.1. The van der Waals surface area contributed by atoms with Crippen LogP contribution in [0.1, 0.15) is 23.6 Å². The number of thioether (sulfide) groups is 1. The molecule has 3 rings (SSSR count). The van der Waals surface area contributed by atoms with Gasteiger partial charge in [0.15, 0.2) is 0 Å². The van der Waals surface area contributed by atoms with Crippen LogP contribution in [0.3, 0.4) is 0 Å². The van der Waals surface area contributed by atoms with Crippen LogP contribution >= 0.6 is 11.8 Å². The van der Waals surface area contributed by atoms with Crippen molar-refractivity contribution < 1.29 is 13.2 Å². The Morgan fingerprint density at radius 1 is 0.969 bits per heavy atom. The van der Waals surface area contributed by atoms with Gasteiger partial charge < -0.3 is 5.32 Å². The first-order valence-electron chi connectivity index (χ1n) is 10.3. The lowest BCUT2D eigenvalue weighted by Gasteiger charge is -2.28. The molecule has 7 heteroatoms. The fraction of sp³-hybridized carbons (Fsp3) is 0.240. The Morgan fingerprint density at radius 3 is 2.22 bits per heavy atom. The van der Waals surface area contributed by atoms with Gasteiger partial charge in [-0.1, -0.05) is 36.4 Å². The van der Waals surface area contributed by atoms with Crippen LogP contribution in [0.25, 0.3) is 0 Å². The van der Waals surface area contributed by atoms with E-state index >= 15 is 0 Å². The summed E-state index contributed by atoms with van der Waals surface area (Å²) in [6.45, 7) is 5.47. The Balaban J connectivity index is 1.69. The van der Waals surface area contributed by atoms with Gasteiger partial charge in [0.2, 0.25) is 15.9 Å². The minimum atomic E-state index is -3.65. The number of rotatable bonds is 8. The molecule has 0 spiro atoms. The summed E-state index contributed by atoms with van der Waals surface area (Å²) in [4.78, 5) is 14.1. The molecule has 1 N–H and O–H groups in total. The number of hydrogen-bond donors (Lipinski definition) is 1. The fourth-order valence-electron chi connectivity index (χ4n) is 3.29. The summed E-state index contributed by atoms with van der Waals surface area (Å²) in [5, 5.41) is 2.84. The van der Waals surface area contributed by atoms with E-state index in [1.54, 1.807) is 30.8 Å². The molecule has 0 aliphatic rings. The molecule has 0 bridgehead atoms. The van der Waals surface area contributed by atoms with Crippen LogP contribution < -0.4 is 9.62 Å². The van der Waals surface area contributed by atoms with Gasteiger partial charge in [-0.15, -0.1) is 11.8 Å². The third-order valence-electron chi connectivity index (χ3n) is 5.20. The Morgan fingerprint density at radius 2 is 1.62 bits per heavy atom. The van der Waals surface area contributed by atoms with E-state index in [0.717, 1.165) is 28.7 Å². The highest BCUT2D eigenvalue weighted by atomic mass is 32.2. The molecule has 0 aliphatic carbocycles. The van der Waals surface area contributed by atoms with Crippen LogP contribution in [0, 0.1) is 13.8 Å². The molecule has 0 saturated carbocycles. The maximum absolute atomic E-state index is 12.9. The lowest BCUT2D eigenvalue weighted by molar-refractivity contribution is -0.116. The number of carbonyl (C=O) groups excluding carboxylic acids is 1. The van der Waals surface area contributed by atoms with E-state index in [2.05, 4.69) is 17.4 Å². The van der Waals surface area contributed by atoms with E-state index in [4.69, 9.17) is 0 Å². The number of benzene rings is 3. The highest BCUT2D eigenvalue weighted by Gasteiger charge is 2.29. The van der Waals surface area contributed by atoms with Crippen LogP contribution in [0.15, 0.2) is 77.7 Å². The molecule has 3 aromatic rings.